The molecule has 2 aromatic rings. The quantitative estimate of drug-likeness (QED) is 0.872. The van der Waals surface area contributed by atoms with E-state index in [1.54, 1.807) is 17.4 Å². The fourth-order valence-electron chi connectivity index (χ4n) is 2.23. The Morgan fingerprint density at radius 2 is 2.20 bits per heavy atom. The summed E-state index contributed by atoms with van der Waals surface area (Å²) in [5, 5.41) is 6.79. The van der Waals surface area contributed by atoms with Crippen LogP contribution in [0, 0.1) is 12.7 Å². The normalized spacial score (nSPS) is 12.6. The molecule has 0 saturated heterocycles. The van der Waals surface area contributed by atoms with E-state index in [1.165, 1.54) is 6.07 Å². The summed E-state index contributed by atoms with van der Waals surface area (Å²) in [6.45, 7) is 4.92. The van der Waals surface area contributed by atoms with Gasteiger partial charge in [0.1, 0.15) is 5.82 Å². The molecule has 5 heteroatoms. The molecule has 108 valence electrons. The highest BCUT2D eigenvalue weighted by atomic mass is 35.5. The number of thiazole rings is 1. The van der Waals surface area contributed by atoms with Crippen molar-refractivity contribution in [1.82, 2.24) is 10.3 Å². The van der Waals surface area contributed by atoms with E-state index in [-0.39, 0.29) is 16.9 Å². The molecule has 0 radical (unpaired) electrons. The molecule has 0 spiro atoms. The number of nitrogens with zero attached hydrogens (tertiary/aromatic N) is 1. The zero-order chi connectivity index (χ0) is 14.5. The molecular weight excluding hydrogens is 295 g/mol. The van der Waals surface area contributed by atoms with Gasteiger partial charge in [-0.15, -0.1) is 11.3 Å². The lowest BCUT2D eigenvalue weighted by molar-refractivity contribution is 0.515. The van der Waals surface area contributed by atoms with Crippen LogP contribution in [-0.2, 0) is 12.8 Å². The number of halogens is 2. The first-order valence-electron chi connectivity index (χ1n) is 6.67. The maximum absolute atomic E-state index is 13.5. The van der Waals surface area contributed by atoms with Crippen molar-refractivity contribution in [3.05, 3.63) is 50.7 Å². The summed E-state index contributed by atoms with van der Waals surface area (Å²) < 4.78 is 13.5. The molecule has 0 aliphatic carbocycles. The lowest BCUT2D eigenvalue weighted by Crippen LogP contribution is -2.33. The van der Waals surface area contributed by atoms with Crippen LogP contribution in [0.1, 0.15) is 23.2 Å². The van der Waals surface area contributed by atoms with Gasteiger partial charge in [-0.1, -0.05) is 30.7 Å². The topological polar surface area (TPSA) is 24.9 Å². The van der Waals surface area contributed by atoms with Gasteiger partial charge in [0, 0.05) is 17.8 Å². The lowest BCUT2D eigenvalue weighted by atomic mass is 10.0. The average Bonchev–Trinajstić information content (AvgIpc) is 2.81. The number of hydrogen-bond acceptors (Lipinski definition) is 3. The summed E-state index contributed by atoms with van der Waals surface area (Å²) in [4.78, 5) is 4.49. The Bertz CT molecular complexity index is 571. The minimum absolute atomic E-state index is 0.209. The van der Waals surface area contributed by atoms with Gasteiger partial charge in [0.05, 0.1) is 15.7 Å². The van der Waals surface area contributed by atoms with Gasteiger partial charge < -0.3 is 5.32 Å². The third kappa shape index (κ3) is 4.01. The van der Waals surface area contributed by atoms with Crippen LogP contribution in [0.15, 0.2) is 23.6 Å². The maximum Gasteiger partial charge on any atom is 0.142 e. The number of likely N-dealkylation sites (N-methyl/N-ethyl adjacent to an activating group) is 1. The van der Waals surface area contributed by atoms with E-state index < -0.39 is 0 Å². The van der Waals surface area contributed by atoms with Crippen molar-refractivity contribution < 1.29 is 4.39 Å². The number of nitrogens with one attached hydrogen (secondary N) is 1. The highest BCUT2D eigenvalue weighted by Gasteiger charge is 2.14. The van der Waals surface area contributed by atoms with E-state index in [1.807, 2.05) is 13.0 Å². The van der Waals surface area contributed by atoms with Crippen LogP contribution in [-0.4, -0.2) is 17.6 Å². The third-order valence-electron chi connectivity index (χ3n) is 3.11. The first-order chi connectivity index (χ1) is 9.60. The molecular formula is C15H18ClFN2S. The lowest BCUT2D eigenvalue weighted by Gasteiger charge is -2.17. The molecule has 0 saturated carbocycles. The molecule has 0 amide bonds. The molecule has 1 N–H and O–H groups in total. The van der Waals surface area contributed by atoms with Crippen molar-refractivity contribution >= 4 is 22.9 Å². The molecule has 1 aromatic carbocycles. The van der Waals surface area contributed by atoms with E-state index >= 15 is 0 Å². The van der Waals surface area contributed by atoms with Crippen LogP contribution in [0.2, 0.25) is 5.02 Å². The van der Waals surface area contributed by atoms with Gasteiger partial charge in [-0.3, -0.25) is 0 Å². The van der Waals surface area contributed by atoms with Crippen molar-refractivity contribution in [2.75, 3.05) is 6.54 Å². The Morgan fingerprint density at radius 1 is 1.40 bits per heavy atom. The third-order valence-corrected chi connectivity index (χ3v) is 4.36. The zero-order valence-corrected chi connectivity index (χ0v) is 13.2. The Labute approximate surface area is 128 Å². The van der Waals surface area contributed by atoms with Gasteiger partial charge in [-0.05, 0) is 31.5 Å². The van der Waals surface area contributed by atoms with Gasteiger partial charge in [-0.2, -0.15) is 0 Å². The Kier molecular flexibility index (Phi) is 5.52. The number of benzene rings is 1. The first kappa shape index (κ1) is 15.4. The zero-order valence-electron chi connectivity index (χ0n) is 11.6. The van der Waals surface area contributed by atoms with Crippen LogP contribution in [0.25, 0.3) is 0 Å². The first-order valence-corrected chi connectivity index (χ1v) is 7.93. The van der Waals surface area contributed by atoms with Crippen LogP contribution in [0.4, 0.5) is 4.39 Å². The predicted molar refractivity (Wildman–Crippen MR) is 83.1 cm³/mol. The predicted octanol–water partition coefficient (Wildman–Crippen LogP) is 4.01. The molecule has 1 atom stereocenters. The summed E-state index contributed by atoms with van der Waals surface area (Å²) in [5.74, 6) is -0.357. The van der Waals surface area contributed by atoms with Crippen molar-refractivity contribution in [3.8, 4) is 0 Å². The fourth-order valence-corrected chi connectivity index (χ4v) is 3.06. The summed E-state index contributed by atoms with van der Waals surface area (Å²) in [6.07, 6.45) is 1.52. The Morgan fingerprint density at radius 3 is 2.85 bits per heavy atom. The molecule has 1 heterocycles. The van der Waals surface area contributed by atoms with Crippen LogP contribution in [0.5, 0.6) is 0 Å². The SMILES string of the molecule is CCNC(Cc1csc(C)n1)Cc1cccc(F)c1Cl. The molecule has 0 aliphatic rings. The van der Waals surface area contributed by atoms with Gasteiger partial charge in [0.15, 0.2) is 0 Å². The number of aryl methyl sites for hydroxylation is 1. The molecule has 0 bridgehead atoms. The molecule has 1 aromatic heterocycles. The van der Waals surface area contributed by atoms with Gasteiger partial charge in [0.25, 0.3) is 0 Å². The van der Waals surface area contributed by atoms with Crippen molar-refractivity contribution in [3.63, 3.8) is 0 Å². The summed E-state index contributed by atoms with van der Waals surface area (Å²) in [5.41, 5.74) is 1.91. The molecule has 20 heavy (non-hydrogen) atoms. The molecule has 1 unspecified atom stereocenters. The summed E-state index contributed by atoms with van der Waals surface area (Å²) in [7, 11) is 0. The Hall–Kier alpha value is -0.970. The van der Waals surface area contributed by atoms with E-state index in [0.29, 0.717) is 6.42 Å². The highest BCUT2D eigenvalue weighted by Crippen LogP contribution is 2.22. The minimum atomic E-state index is -0.357. The van der Waals surface area contributed by atoms with Crippen molar-refractivity contribution in [1.29, 1.82) is 0 Å². The van der Waals surface area contributed by atoms with Gasteiger partial charge in [0.2, 0.25) is 0 Å². The van der Waals surface area contributed by atoms with Crippen molar-refractivity contribution in [2.45, 2.75) is 32.7 Å². The standard InChI is InChI=1S/C15H18ClFN2S/c1-3-18-12(8-13-9-20-10(2)19-13)7-11-5-4-6-14(17)15(11)16/h4-6,9,12,18H,3,7-8H2,1-2H3. The van der Waals surface area contributed by atoms with Gasteiger partial charge in [-0.25, -0.2) is 9.37 Å². The molecule has 0 fully saturated rings. The molecule has 2 rings (SSSR count). The number of hydrogen-bond donors (Lipinski definition) is 1. The van der Waals surface area contributed by atoms with Crippen molar-refractivity contribution in [2.24, 2.45) is 0 Å². The second kappa shape index (κ2) is 7.16. The second-order valence-corrected chi connectivity index (χ2v) is 6.17. The smallest absolute Gasteiger partial charge is 0.142 e. The summed E-state index contributed by atoms with van der Waals surface area (Å²) >= 11 is 7.68. The second-order valence-electron chi connectivity index (χ2n) is 4.73. The van der Waals surface area contributed by atoms with E-state index in [2.05, 4.69) is 22.6 Å². The molecule has 0 aliphatic heterocycles. The van der Waals surface area contributed by atoms with E-state index in [0.717, 1.165) is 29.2 Å². The Balaban J connectivity index is 2.10. The number of aromatic nitrogens is 1. The average molecular weight is 313 g/mol. The molecule has 2 nitrogen and oxygen atoms in total. The van der Waals surface area contributed by atoms with Crippen LogP contribution >= 0.6 is 22.9 Å². The highest BCUT2D eigenvalue weighted by molar-refractivity contribution is 7.09. The largest absolute Gasteiger partial charge is 0.314 e. The van der Waals surface area contributed by atoms with Crippen LogP contribution in [0.3, 0.4) is 0 Å². The number of rotatable bonds is 6. The van der Waals surface area contributed by atoms with E-state index in [4.69, 9.17) is 11.6 Å². The fraction of sp³-hybridized carbons (Fsp3) is 0.400. The van der Waals surface area contributed by atoms with E-state index in [9.17, 15) is 4.39 Å². The maximum atomic E-state index is 13.5. The van der Waals surface area contributed by atoms with Crippen LogP contribution < -0.4 is 5.32 Å². The van der Waals surface area contributed by atoms with Gasteiger partial charge >= 0.3 is 0 Å². The minimum Gasteiger partial charge on any atom is -0.314 e. The summed E-state index contributed by atoms with van der Waals surface area (Å²) in [6, 6.07) is 5.17. The monoisotopic (exact) mass is 312 g/mol.